The molecular formula is C18H15F2N3O3S. The van der Waals surface area contributed by atoms with Crippen molar-refractivity contribution < 1.29 is 22.0 Å². The van der Waals surface area contributed by atoms with E-state index in [0.29, 0.717) is 11.3 Å². The number of nitrogens with zero attached hydrogens (tertiary/aromatic N) is 2. The van der Waals surface area contributed by atoms with Crippen LogP contribution >= 0.6 is 0 Å². The van der Waals surface area contributed by atoms with Crippen molar-refractivity contribution >= 4 is 27.5 Å². The van der Waals surface area contributed by atoms with Gasteiger partial charge in [-0.05, 0) is 48.9 Å². The Morgan fingerprint density at radius 3 is 2.19 bits per heavy atom. The molecule has 1 aliphatic rings. The summed E-state index contributed by atoms with van der Waals surface area (Å²) in [5.41, 5.74) is 0.971. The molecule has 0 radical (unpaired) electrons. The predicted molar refractivity (Wildman–Crippen MR) is 97.1 cm³/mol. The first-order valence-electron chi connectivity index (χ1n) is 7.86. The number of amides is 1. The molecule has 9 heteroatoms. The maximum Gasteiger partial charge on any atom is 0.344 e. The number of nitrogens with one attached hydrogen (secondary N) is 1. The second kappa shape index (κ2) is 7.28. The summed E-state index contributed by atoms with van der Waals surface area (Å²) in [4.78, 5) is 12.5. The number of rotatable bonds is 4. The van der Waals surface area contributed by atoms with Crippen LogP contribution in [0.4, 0.5) is 14.5 Å². The van der Waals surface area contributed by atoms with E-state index in [-0.39, 0.29) is 17.8 Å². The van der Waals surface area contributed by atoms with Crippen molar-refractivity contribution in [1.29, 1.82) is 0 Å². The second-order valence-electron chi connectivity index (χ2n) is 5.83. The van der Waals surface area contributed by atoms with Crippen LogP contribution in [-0.2, 0) is 21.5 Å². The molecule has 1 heterocycles. The summed E-state index contributed by atoms with van der Waals surface area (Å²) in [6, 6.07) is 10.5. The Bertz CT molecular complexity index is 1030. The van der Waals surface area contributed by atoms with E-state index >= 15 is 0 Å². The van der Waals surface area contributed by atoms with E-state index in [0.717, 1.165) is 4.31 Å². The van der Waals surface area contributed by atoms with Crippen LogP contribution in [0.3, 0.4) is 0 Å². The van der Waals surface area contributed by atoms with Gasteiger partial charge in [0.1, 0.15) is 11.6 Å². The quantitative estimate of drug-likeness (QED) is 0.870. The highest BCUT2D eigenvalue weighted by Gasteiger charge is 2.28. The lowest BCUT2D eigenvalue weighted by atomic mass is 10.1. The third-order valence-corrected chi connectivity index (χ3v) is 5.14. The summed E-state index contributed by atoms with van der Waals surface area (Å²) in [6.07, 6.45) is 1.18. The molecule has 0 aliphatic carbocycles. The minimum atomic E-state index is -4.00. The van der Waals surface area contributed by atoms with E-state index in [4.69, 9.17) is 0 Å². The fraction of sp³-hybridized carbons (Fsp3) is 0.111. The van der Waals surface area contributed by atoms with Crippen LogP contribution in [0.5, 0.6) is 0 Å². The summed E-state index contributed by atoms with van der Waals surface area (Å²) in [5, 5.41) is 2.56. The number of benzene rings is 2. The molecule has 2 aromatic rings. The zero-order valence-electron chi connectivity index (χ0n) is 14.2. The van der Waals surface area contributed by atoms with Gasteiger partial charge in [-0.2, -0.15) is 8.42 Å². The maximum atomic E-state index is 13.0. The minimum Gasteiger partial charge on any atom is -0.322 e. The molecule has 0 saturated carbocycles. The third kappa shape index (κ3) is 4.37. The summed E-state index contributed by atoms with van der Waals surface area (Å²) in [5.74, 6) is -1.47. The molecule has 1 aliphatic heterocycles. The molecule has 0 aromatic heterocycles. The number of carbonyl (C=O) groups excluding carboxylic acids is 1. The summed E-state index contributed by atoms with van der Waals surface area (Å²) in [7, 11) is -4.00. The standard InChI is InChI=1S/C18H15F2N3O3S/c1-12-17(18(24)21-16-8-6-15(20)7-9-16)11-23(27(25,26)22-12)10-13-2-4-14(19)5-3-13/h2-9,11H,10H2,1H3,(H,21,24). The van der Waals surface area contributed by atoms with Gasteiger partial charge in [-0.25, -0.2) is 8.78 Å². The first kappa shape index (κ1) is 18.7. The van der Waals surface area contributed by atoms with E-state index in [1.807, 2.05) is 0 Å². The van der Waals surface area contributed by atoms with Gasteiger partial charge in [-0.1, -0.05) is 12.1 Å². The number of carbonyl (C=O) groups is 1. The molecule has 0 atom stereocenters. The highest BCUT2D eigenvalue weighted by atomic mass is 32.2. The van der Waals surface area contributed by atoms with Crippen molar-refractivity contribution in [3.05, 3.63) is 77.5 Å². The minimum absolute atomic E-state index is 0.0324. The molecule has 2 aromatic carbocycles. The molecule has 27 heavy (non-hydrogen) atoms. The van der Waals surface area contributed by atoms with Crippen LogP contribution in [0.1, 0.15) is 12.5 Å². The lowest BCUT2D eigenvalue weighted by Gasteiger charge is -2.23. The smallest absolute Gasteiger partial charge is 0.322 e. The number of anilines is 1. The highest BCUT2D eigenvalue weighted by molar-refractivity contribution is 7.88. The van der Waals surface area contributed by atoms with Crippen molar-refractivity contribution in [3.63, 3.8) is 0 Å². The van der Waals surface area contributed by atoms with Gasteiger partial charge in [-0.15, -0.1) is 4.40 Å². The predicted octanol–water partition coefficient (Wildman–Crippen LogP) is 3.01. The van der Waals surface area contributed by atoms with Gasteiger partial charge in [0.15, 0.2) is 0 Å². The van der Waals surface area contributed by atoms with Crippen LogP contribution in [0.25, 0.3) is 0 Å². The molecule has 0 saturated heterocycles. The Kier molecular flexibility index (Phi) is 5.04. The fourth-order valence-electron chi connectivity index (χ4n) is 2.43. The van der Waals surface area contributed by atoms with E-state index in [2.05, 4.69) is 9.71 Å². The van der Waals surface area contributed by atoms with Crippen molar-refractivity contribution in [2.45, 2.75) is 13.5 Å². The lowest BCUT2D eigenvalue weighted by Crippen LogP contribution is -2.32. The Labute approximate surface area is 155 Å². The van der Waals surface area contributed by atoms with Crippen molar-refractivity contribution in [3.8, 4) is 0 Å². The molecule has 0 fully saturated rings. The largest absolute Gasteiger partial charge is 0.344 e. The molecular weight excluding hydrogens is 376 g/mol. The lowest BCUT2D eigenvalue weighted by molar-refractivity contribution is -0.112. The topological polar surface area (TPSA) is 78.8 Å². The van der Waals surface area contributed by atoms with Crippen LogP contribution in [-0.4, -0.2) is 24.3 Å². The first-order valence-corrected chi connectivity index (χ1v) is 9.26. The molecule has 1 N–H and O–H groups in total. The molecule has 0 unspecified atom stereocenters. The number of hydrogen-bond donors (Lipinski definition) is 1. The van der Waals surface area contributed by atoms with Crippen LogP contribution < -0.4 is 5.32 Å². The summed E-state index contributed by atoms with van der Waals surface area (Å²) >= 11 is 0. The van der Waals surface area contributed by atoms with E-state index < -0.39 is 27.8 Å². The van der Waals surface area contributed by atoms with Gasteiger partial charge in [0.2, 0.25) is 0 Å². The third-order valence-electron chi connectivity index (χ3n) is 3.81. The van der Waals surface area contributed by atoms with E-state index in [1.165, 1.54) is 61.7 Å². The highest BCUT2D eigenvalue weighted by Crippen LogP contribution is 2.21. The fourth-order valence-corrected chi connectivity index (χ4v) is 3.53. The Balaban J connectivity index is 1.85. The van der Waals surface area contributed by atoms with Crippen LogP contribution in [0.15, 0.2) is 64.7 Å². The van der Waals surface area contributed by atoms with Gasteiger partial charge < -0.3 is 5.32 Å². The second-order valence-corrected chi connectivity index (χ2v) is 7.38. The molecule has 1 amide bonds. The first-order chi connectivity index (χ1) is 12.7. The molecule has 0 spiro atoms. The monoisotopic (exact) mass is 391 g/mol. The number of hydrogen-bond acceptors (Lipinski definition) is 3. The average Bonchev–Trinajstić information content (AvgIpc) is 2.60. The Morgan fingerprint density at radius 1 is 1.04 bits per heavy atom. The van der Waals surface area contributed by atoms with Crippen molar-refractivity contribution in [1.82, 2.24) is 4.31 Å². The van der Waals surface area contributed by atoms with Gasteiger partial charge >= 0.3 is 10.2 Å². The van der Waals surface area contributed by atoms with Gasteiger partial charge in [0.25, 0.3) is 5.91 Å². The van der Waals surface area contributed by atoms with Gasteiger partial charge in [-0.3, -0.25) is 9.10 Å². The Morgan fingerprint density at radius 2 is 1.59 bits per heavy atom. The van der Waals surface area contributed by atoms with E-state index in [1.54, 1.807) is 0 Å². The normalized spacial score (nSPS) is 15.7. The number of halogens is 2. The summed E-state index contributed by atoms with van der Waals surface area (Å²) in [6.45, 7) is 1.30. The molecule has 0 bridgehead atoms. The summed E-state index contributed by atoms with van der Waals surface area (Å²) < 4.78 is 55.1. The zero-order chi connectivity index (χ0) is 19.6. The van der Waals surface area contributed by atoms with Crippen LogP contribution in [0.2, 0.25) is 0 Å². The Hall–Kier alpha value is -3.07. The van der Waals surface area contributed by atoms with E-state index in [9.17, 15) is 22.0 Å². The van der Waals surface area contributed by atoms with Crippen molar-refractivity contribution in [2.75, 3.05) is 5.32 Å². The zero-order valence-corrected chi connectivity index (χ0v) is 15.0. The van der Waals surface area contributed by atoms with Crippen molar-refractivity contribution in [2.24, 2.45) is 4.40 Å². The molecule has 6 nitrogen and oxygen atoms in total. The maximum absolute atomic E-state index is 13.0. The van der Waals surface area contributed by atoms with Gasteiger partial charge in [0.05, 0.1) is 17.8 Å². The van der Waals surface area contributed by atoms with Crippen LogP contribution in [0, 0.1) is 11.6 Å². The molecule has 3 rings (SSSR count). The molecule has 140 valence electrons. The SMILES string of the molecule is CC1=NS(=O)(=O)N(Cc2ccc(F)cc2)C=C1C(=O)Nc1ccc(F)cc1. The average molecular weight is 391 g/mol. The van der Waals surface area contributed by atoms with Gasteiger partial charge in [0, 0.05) is 11.9 Å².